The van der Waals surface area contributed by atoms with Gasteiger partial charge in [0, 0.05) is 34.2 Å². The van der Waals surface area contributed by atoms with Crippen molar-refractivity contribution in [1.82, 2.24) is 4.90 Å². The molecule has 0 radical (unpaired) electrons. The average molecular weight is 339 g/mol. The van der Waals surface area contributed by atoms with Crippen LogP contribution in [0.4, 0.5) is 5.69 Å². The van der Waals surface area contributed by atoms with Gasteiger partial charge in [-0.2, -0.15) is 0 Å². The molecule has 102 valence electrons. The molecule has 0 aliphatic carbocycles. The standard InChI is InChI=1S/C15H19BrN2S/c1-12(15-4-3-11-19-15)18(2)10-9-17-14-7-5-13(16)6-8-14/h3-8,11-12,17H,9-10H2,1-2H3. The lowest BCUT2D eigenvalue weighted by Gasteiger charge is -2.24. The normalized spacial score (nSPS) is 12.6. The summed E-state index contributed by atoms with van der Waals surface area (Å²) in [5, 5.41) is 5.58. The van der Waals surface area contributed by atoms with Gasteiger partial charge in [-0.15, -0.1) is 11.3 Å². The largest absolute Gasteiger partial charge is 0.384 e. The maximum atomic E-state index is 3.44. The van der Waals surface area contributed by atoms with Crippen LogP contribution in [0.2, 0.25) is 0 Å². The molecule has 0 amide bonds. The number of nitrogens with one attached hydrogen (secondary N) is 1. The predicted molar refractivity (Wildman–Crippen MR) is 88.0 cm³/mol. The highest BCUT2D eigenvalue weighted by Gasteiger charge is 2.11. The molecule has 1 atom stereocenters. The van der Waals surface area contributed by atoms with E-state index in [9.17, 15) is 0 Å². The van der Waals surface area contributed by atoms with E-state index in [1.54, 1.807) is 0 Å². The third-order valence-corrected chi connectivity index (χ3v) is 4.83. The first-order chi connectivity index (χ1) is 9.16. The molecule has 0 aliphatic heterocycles. The zero-order valence-corrected chi connectivity index (χ0v) is 13.7. The Morgan fingerprint density at radius 1 is 1.26 bits per heavy atom. The summed E-state index contributed by atoms with van der Waals surface area (Å²) < 4.78 is 1.11. The Morgan fingerprint density at radius 2 is 2.00 bits per heavy atom. The molecule has 1 N–H and O–H groups in total. The van der Waals surface area contributed by atoms with Crippen LogP contribution in [0, 0.1) is 0 Å². The molecule has 0 saturated heterocycles. The highest BCUT2D eigenvalue weighted by molar-refractivity contribution is 9.10. The number of nitrogens with zero attached hydrogens (tertiary/aromatic N) is 1. The van der Waals surface area contributed by atoms with Crippen LogP contribution < -0.4 is 5.32 Å². The Balaban J connectivity index is 1.77. The molecule has 0 aliphatic rings. The topological polar surface area (TPSA) is 15.3 Å². The molecule has 0 spiro atoms. The van der Waals surface area contributed by atoms with Crippen LogP contribution in [0.1, 0.15) is 17.8 Å². The number of benzene rings is 1. The molecule has 1 aromatic carbocycles. The highest BCUT2D eigenvalue weighted by atomic mass is 79.9. The van der Waals surface area contributed by atoms with Gasteiger partial charge in [0.1, 0.15) is 0 Å². The second-order valence-corrected chi connectivity index (χ2v) is 6.50. The van der Waals surface area contributed by atoms with Crippen molar-refractivity contribution < 1.29 is 0 Å². The van der Waals surface area contributed by atoms with Crippen molar-refractivity contribution in [1.29, 1.82) is 0 Å². The minimum absolute atomic E-state index is 0.478. The third kappa shape index (κ3) is 4.34. The van der Waals surface area contributed by atoms with Crippen LogP contribution in [0.3, 0.4) is 0 Å². The lowest BCUT2D eigenvalue weighted by Crippen LogP contribution is -2.27. The Morgan fingerprint density at radius 3 is 2.63 bits per heavy atom. The van der Waals surface area contributed by atoms with Gasteiger partial charge in [0.15, 0.2) is 0 Å². The molecule has 0 fully saturated rings. The summed E-state index contributed by atoms with van der Waals surface area (Å²) in [6.07, 6.45) is 0. The fourth-order valence-electron chi connectivity index (χ4n) is 1.88. The zero-order valence-electron chi connectivity index (χ0n) is 11.3. The molecule has 1 aromatic heterocycles. The summed E-state index contributed by atoms with van der Waals surface area (Å²) in [5.41, 5.74) is 1.17. The Labute approximate surface area is 127 Å². The monoisotopic (exact) mass is 338 g/mol. The van der Waals surface area contributed by atoms with Gasteiger partial charge in [-0.25, -0.2) is 0 Å². The van der Waals surface area contributed by atoms with Gasteiger partial charge in [0.2, 0.25) is 0 Å². The number of likely N-dealkylation sites (N-methyl/N-ethyl adjacent to an activating group) is 1. The molecule has 1 heterocycles. The van der Waals surface area contributed by atoms with E-state index in [0.29, 0.717) is 6.04 Å². The van der Waals surface area contributed by atoms with E-state index in [1.165, 1.54) is 10.6 Å². The molecule has 2 nitrogen and oxygen atoms in total. The van der Waals surface area contributed by atoms with Crippen molar-refractivity contribution in [3.63, 3.8) is 0 Å². The van der Waals surface area contributed by atoms with Crippen LogP contribution in [0.5, 0.6) is 0 Å². The molecular formula is C15H19BrN2S. The first-order valence-electron chi connectivity index (χ1n) is 6.40. The average Bonchev–Trinajstić information content (AvgIpc) is 2.94. The lowest BCUT2D eigenvalue weighted by atomic mass is 10.2. The molecule has 19 heavy (non-hydrogen) atoms. The van der Waals surface area contributed by atoms with Crippen molar-refractivity contribution in [2.45, 2.75) is 13.0 Å². The number of anilines is 1. The van der Waals surface area contributed by atoms with Gasteiger partial charge in [-0.05, 0) is 49.7 Å². The van der Waals surface area contributed by atoms with E-state index < -0.39 is 0 Å². The van der Waals surface area contributed by atoms with Crippen molar-refractivity contribution in [3.8, 4) is 0 Å². The Bertz CT molecular complexity index is 481. The van der Waals surface area contributed by atoms with Gasteiger partial charge in [0.05, 0.1) is 0 Å². The number of hydrogen-bond acceptors (Lipinski definition) is 3. The summed E-state index contributed by atoms with van der Waals surface area (Å²) in [4.78, 5) is 3.80. The van der Waals surface area contributed by atoms with Gasteiger partial charge < -0.3 is 5.32 Å². The van der Waals surface area contributed by atoms with Crippen molar-refractivity contribution in [3.05, 3.63) is 51.1 Å². The number of thiophene rings is 1. The fraction of sp³-hybridized carbons (Fsp3) is 0.333. The van der Waals surface area contributed by atoms with Crippen LogP contribution >= 0.6 is 27.3 Å². The summed E-state index contributed by atoms with van der Waals surface area (Å²) in [6.45, 7) is 4.23. The molecule has 2 aromatic rings. The minimum atomic E-state index is 0.478. The maximum Gasteiger partial charge on any atom is 0.0411 e. The van der Waals surface area contributed by atoms with Crippen LogP contribution in [-0.4, -0.2) is 25.0 Å². The molecule has 2 rings (SSSR count). The fourth-order valence-corrected chi connectivity index (χ4v) is 3.00. The van der Waals surface area contributed by atoms with Gasteiger partial charge in [-0.3, -0.25) is 4.90 Å². The zero-order chi connectivity index (χ0) is 13.7. The van der Waals surface area contributed by atoms with Gasteiger partial charge >= 0.3 is 0 Å². The minimum Gasteiger partial charge on any atom is -0.384 e. The molecular weight excluding hydrogens is 320 g/mol. The highest BCUT2D eigenvalue weighted by Crippen LogP contribution is 2.23. The first-order valence-corrected chi connectivity index (χ1v) is 8.07. The molecule has 4 heteroatoms. The molecule has 1 unspecified atom stereocenters. The quantitative estimate of drug-likeness (QED) is 0.826. The van der Waals surface area contributed by atoms with Crippen LogP contribution in [0.15, 0.2) is 46.3 Å². The smallest absolute Gasteiger partial charge is 0.0411 e. The maximum absolute atomic E-state index is 3.44. The Hall–Kier alpha value is -0.840. The molecule has 0 bridgehead atoms. The van der Waals surface area contributed by atoms with E-state index in [4.69, 9.17) is 0 Å². The van der Waals surface area contributed by atoms with E-state index in [1.807, 2.05) is 11.3 Å². The second-order valence-electron chi connectivity index (χ2n) is 4.61. The van der Waals surface area contributed by atoms with E-state index in [-0.39, 0.29) is 0 Å². The third-order valence-electron chi connectivity index (χ3n) is 3.25. The lowest BCUT2D eigenvalue weighted by molar-refractivity contribution is 0.275. The van der Waals surface area contributed by atoms with E-state index in [2.05, 4.69) is 81.9 Å². The number of hydrogen-bond donors (Lipinski definition) is 1. The summed E-state index contributed by atoms with van der Waals surface area (Å²) in [6, 6.07) is 13.1. The van der Waals surface area contributed by atoms with Crippen molar-refractivity contribution in [2.24, 2.45) is 0 Å². The number of rotatable bonds is 6. The first kappa shape index (κ1) is 14.6. The van der Waals surface area contributed by atoms with E-state index in [0.717, 1.165) is 17.6 Å². The van der Waals surface area contributed by atoms with Crippen LogP contribution in [-0.2, 0) is 0 Å². The van der Waals surface area contributed by atoms with Gasteiger partial charge in [-0.1, -0.05) is 22.0 Å². The number of halogens is 1. The second kappa shape index (κ2) is 7.08. The predicted octanol–water partition coefficient (Wildman–Crippen LogP) is 4.62. The van der Waals surface area contributed by atoms with Gasteiger partial charge in [0.25, 0.3) is 0 Å². The summed E-state index contributed by atoms with van der Waals surface area (Å²) in [7, 11) is 2.17. The Kier molecular flexibility index (Phi) is 5.43. The van der Waals surface area contributed by atoms with Crippen molar-refractivity contribution in [2.75, 3.05) is 25.5 Å². The summed E-state index contributed by atoms with van der Waals surface area (Å²) >= 11 is 5.27. The molecule has 0 saturated carbocycles. The van der Waals surface area contributed by atoms with Crippen LogP contribution in [0.25, 0.3) is 0 Å². The SMILES string of the molecule is CC(c1cccs1)N(C)CCNc1ccc(Br)cc1. The summed E-state index contributed by atoms with van der Waals surface area (Å²) in [5.74, 6) is 0. The van der Waals surface area contributed by atoms with Crippen molar-refractivity contribution >= 4 is 33.0 Å². The van der Waals surface area contributed by atoms with E-state index >= 15 is 0 Å².